The van der Waals surface area contributed by atoms with E-state index in [-0.39, 0.29) is 17.7 Å². The summed E-state index contributed by atoms with van der Waals surface area (Å²) < 4.78 is 5.34. The molecule has 4 rings (SSSR count). The highest BCUT2D eigenvalue weighted by Gasteiger charge is 2.37. The van der Waals surface area contributed by atoms with E-state index in [4.69, 9.17) is 4.74 Å². The Labute approximate surface area is 147 Å². The zero-order valence-electron chi connectivity index (χ0n) is 14.3. The van der Waals surface area contributed by atoms with Gasteiger partial charge in [0.15, 0.2) is 0 Å². The van der Waals surface area contributed by atoms with Crippen LogP contribution in [-0.2, 0) is 14.3 Å². The smallest absolute Gasteiger partial charge is 0.229 e. The van der Waals surface area contributed by atoms with Gasteiger partial charge in [-0.2, -0.15) is 0 Å². The van der Waals surface area contributed by atoms with Crippen LogP contribution in [0.2, 0.25) is 0 Å². The number of nitrogens with zero attached hydrogens (tertiary/aromatic N) is 3. The van der Waals surface area contributed by atoms with Gasteiger partial charge in [-0.3, -0.25) is 9.59 Å². The van der Waals surface area contributed by atoms with E-state index in [9.17, 15) is 9.59 Å². The van der Waals surface area contributed by atoms with E-state index in [1.807, 2.05) is 17.0 Å². The van der Waals surface area contributed by atoms with Crippen molar-refractivity contribution in [2.75, 3.05) is 49.6 Å². The molecule has 25 heavy (non-hydrogen) atoms. The van der Waals surface area contributed by atoms with Crippen LogP contribution in [0.15, 0.2) is 18.3 Å². The summed E-state index contributed by atoms with van der Waals surface area (Å²) in [6.45, 7) is 4.46. The van der Waals surface area contributed by atoms with E-state index in [0.29, 0.717) is 37.8 Å². The first-order valence-corrected chi connectivity index (χ1v) is 9.06. The van der Waals surface area contributed by atoms with Gasteiger partial charge in [-0.15, -0.1) is 0 Å². The molecule has 2 aliphatic heterocycles. The Morgan fingerprint density at radius 3 is 2.76 bits per heavy atom. The Hall–Kier alpha value is -2.15. The predicted octanol–water partition coefficient (Wildman–Crippen LogP) is 1.12. The van der Waals surface area contributed by atoms with Gasteiger partial charge >= 0.3 is 0 Å². The highest BCUT2D eigenvalue weighted by molar-refractivity contribution is 5.97. The van der Waals surface area contributed by atoms with Gasteiger partial charge in [0.1, 0.15) is 5.82 Å². The predicted molar refractivity (Wildman–Crippen MR) is 93.3 cm³/mol. The van der Waals surface area contributed by atoms with Crippen LogP contribution < -0.4 is 10.2 Å². The minimum Gasteiger partial charge on any atom is -0.378 e. The van der Waals surface area contributed by atoms with Gasteiger partial charge in [0.2, 0.25) is 11.8 Å². The number of pyridine rings is 1. The third-order valence-electron chi connectivity index (χ3n) is 5.11. The highest BCUT2D eigenvalue weighted by Crippen LogP contribution is 2.32. The van der Waals surface area contributed by atoms with Crippen molar-refractivity contribution in [1.29, 1.82) is 0 Å². The molecule has 3 aliphatic rings. The van der Waals surface area contributed by atoms with Gasteiger partial charge in [-0.05, 0) is 30.9 Å². The quantitative estimate of drug-likeness (QED) is 0.866. The molecule has 0 bridgehead atoms. The maximum absolute atomic E-state index is 12.4. The van der Waals surface area contributed by atoms with E-state index in [1.165, 1.54) is 12.8 Å². The van der Waals surface area contributed by atoms with Crippen LogP contribution >= 0.6 is 0 Å². The molecule has 0 spiro atoms. The molecule has 2 saturated heterocycles. The number of likely N-dealkylation sites (tertiary alicyclic amines) is 1. The number of morpholine rings is 1. The summed E-state index contributed by atoms with van der Waals surface area (Å²) in [4.78, 5) is 32.9. The number of nitrogens with one attached hydrogen (secondary N) is 1. The largest absolute Gasteiger partial charge is 0.378 e. The van der Waals surface area contributed by atoms with Crippen LogP contribution in [0.3, 0.4) is 0 Å². The molecule has 0 radical (unpaired) electrons. The molecule has 1 atom stereocenters. The molecule has 2 amide bonds. The molecule has 1 aromatic heterocycles. The first kappa shape index (κ1) is 16.3. The fourth-order valence-electron chi connectivity index (χ4n) is 3.42. The fourth-order valence-corrected chi connectivity index (χ4v) is 3.42. The lowest BCUT2D eigenvalue weighted by Crippen LogP contribution is -2.36. The zero-order valence-corrected chi connectivity index (χ0v) is 14.3. The Kier molecular flexibility index (Phi) is 4.57. The van der Waals surface area contributed by atoms with Crippen LogP contribution in [0.1, 0.15) is 19.3 Å². The van der Waals surface area contributed by atoms with Gasteiger partial charge in [0.25, 0.3) is 0 Å². The second kappa shape index (κ2) is 7.00. The topological polar surface area (TPSA) is 74.8 Å². The molecule has 3 fully saturated rings. The molecule has 1 N–H and O–H groups in total. The molecule has 1 aliphatic carbocycles. The van der Waals surface area contributed by atoms with E-state index in [2.05, 4.69) is 15.2 Å². The molecule has 3 heterocycles. The molecule has 0 unspecified atom stereocenters. The monoisotopic (exact) mass is 344 g/mol. The molecule has 7 heteroatoms. The minimum atomic E-state index is -0.259. The lowest BCUT2D eigenvalue weighted by atomic mass is 10.1. The van der Waals surface area contributed by atoms with Crippen molar-refractivity contribution in [1.82, 2.24) is 9.88 Å². The summed E-state index contributed by atoms with van der Waals surface area (Å²) in [5, 5.41) is 2.90. The Bertz CT molecular complexity index is 638. The number of hydrogen-bond acceptors (Lipinski definition) is 5. The lowest BCUT2D eigenvalue weighted by Gasteiger charge is -2.27. The van der Waals surface area contributed by atoms with E-state index < -0.39 is 0 Å². The van der Waals surface area contributed by atoms with Crippen molar-refractivity contribution in [2.45, 2.75) is 19.3 Å². The molecule has 134 valence electrons. The lowest BCUT2D eigenvalue weighted by molar-refractivity contribution is -0.128. The maximum Gasteiger partial charge on any atom is 0.229 e. The SMILES string of the molecule is O=C(Nc1ccc(N2CCOCC2)nc1)[C@H]1CC(=O)N(CC2CC2)C1. The third kappa shape index (κ3) is 3.92. The Morgan fingerprint density at radius 1 is 1.28 bits per heavy atom. The van der Waals surface area contributed by atoms with E-state index in [0.717, 1.165) is 25.5 Å². The summed E-state index contributed by atoms with van der Waals surface area (Å²) in [6.07, 6.45) is 4.42. The van der Waals surface area contributed by atoms with Crippen LogP contribution in [0, 0.1) is 11.8 Å². The number of amides is 2. The number of carbonyl (C=O) groups excluding carboxylic acids is 2. The van der Waals surface area contributed by atoms with Crippen LogP contribution in [-0.4, -0.2) is 61.1 Å². The maximum atomic E-state index is 12.4. The second-order valence-corrected chi connectivity index (χ2v) is 7.14. The number of anilines is 2. The van der Waals surface area contributed by atoms with Gasteiger partial charge in [-0.25, -0.2) is 4.98 Å². The summed E-state index contributed by atoms with van der Waals surface area (Å²) in [5.74, 6) is 1.31. The standard InChI is InChI=1S/C18H24N4O3/c23-17-9-14(12-22(17)11-13-1-2-13)18(24)20-15-3-4-16(19-10-15)21-5-7-25-8-6-21/h3-4,10,13-14H,1-2,5-9,11-12H2,(H,20,24)/t14-/m0/s1. The van der Waals surface area contributed by atoms with Crippen molar-refractivity contribution in [3.63, 3.8) is 0 Å². The first-order valence-electron chi connectivity index (χ1n) is 9.06. The number of ether oxygens (including phenoxy) is 1. The van der Waals surface area contributed by atoms with Crippen molar-refractivity contribution in [3.05, 3.63) is 18.3 Å². The Morgan fingerprint density at radius 2 is 2.08 bits per heavy atom. The average molecular weight is 344 g/mol. The normalized spacial score (nSPS) is 23.8. The average Bonchev–Trinajstić information content (AvgIpc) is 3.38. The second-order valence-electron chi connectivity index (χ2n) is 7.14. The Balaban J connectivity index is 1.32. The zero-order chi connectivity index (χ0) is 17.2. The fraction of sp³-hybridized carbons (Fsp3) is 0.611. The van der Waals surface area contributed by atoms with E-state index >= 15 is 0 Å². The van der Waals surface area contributed by atoms with Gasteiger partial charge in [0.05, 0.1) is 31.0 Å². The summed E-state index contributed by atoms with van der Waals surface area (Å²) in [7, 11) is 0. The van der Waals surface area contributed by atoms with Crippen molar-refractivity contribution >= 4 is 23.3 Å². The summed E-state index contributed by atoms with van der Waals surface area (Å²) >= 11 is 0. The van der Waals surface area contributed by atoms with Crippen LogP contribution in [0.5, 0.6) is 0 Å². The summed E-state index contributed by atoms with van der Waals surface area (Å²) in [5.41, 5.74) is 0.676. The highest BCUT2D eigenvalue weighted by atomic mass is 16.5. The molecule has 7 nitrogen and oxygen atoms in total. The molecular weight excluding hydrogens is 320 g/mol. The minimum absolute atomic E-state index is 0.0902. The molecule has 1 aromatic rings. The molecule has 0 aromatic carbocycles. The van der Waals surface area contributed by atoms with Crippen LogP contribution in [0.25, 0.3) is 0 Å². The molecule has 1 saturated carbocycles. The number of hydrogen-bond donors (Lipinski definition) is 1. The van der Waals surface area contributed by atoms with Crippen molar-refractivity contribution in [2.24, 2.45) is 11.8 Å². The van der Waals surface area contributed by atoms with Crippen molar-refractivity contribution in [3.8, 4) is 0 Å². The number of rotatable bonds is 5. The third-order valence-corrected chi connectivity index (χ3v) is 5.11. The number of carbonyl (C=O) groups is 2. The number of aromatic nitrogens is 1. The van der Waals surface area contributed by atoms with Gasteiger partial charge in [-0.1, -0.05) is 0 Å². The van der Waals surface area contributed by atoms with Gasteiger partial charge < -0.3 is 19.9 Å². The van der Waals surface area contributed by atoms with Gasteiger partial charge in [0, 0.05) is 32.6 Å². The van der Waals surface area contributed by atoms with Crippen LogP contribution in [0.4, 0.5) is 11.5 Å². The molecular formula is C18H24N4O3. The first-order chi connectivity index (χ1) is 12.2. The summed E-state index contributed by atoms with van der Waals surface area (Å²) in [6, 6.07) is 3.79. The van der Waals surface area contributed by atoms with Crippen molar-refractivity contribution < 1.29 is 14.3 Å². The van der Waals surface area contributed by atoms with E-state index in [1.54, 1.807) is 6.20 Å².